The summed E-state index contributed by atoms with van der Waals surface area (Å²) in [6, 6.07) is 11.2. The second-order valence-corrected chi connectivity index (χ2v) is 5.69. The minimum Gasteiger partial charge on any atom is -0.493 e. The lowest BCUT2D eigenvalue weighted by atomic mass is 10.1. The third-order valence-corrected chi connectivity index (χ3v) is 3.76. The topological polar surface area (TPSA) is 60.0 Å². The Morgan fingerprint density at radius 1 is 1.00 bits per heavy atom. The lowest BCUT2D eigenvalue weighted by Crippen LogP contribution is -2.14. The second kappa shape index (κ2) is 8.80. The van der Waals surface area contributed by atoms with Crippen molar-refractivity contribution in [2.24, 2.45) is 0 Å². The Morgan fingerprint density at radius 3 is 2.15 bits per heavy atom. The van der Waals surface area contributed by atoms with E-state index in [1.807, 2.05) is 43.3 Å². The molecule has 0 heterocycles. The first-order valence-corrected chi connectivity index (χ1v) is 8.05. The van der Waals surface area contributed by atoms with Crippen LogP contribution in [0.5, 0.6) is 17.2 Å². The Bertz CT molecular complexity index is 775. The van der Waals surface area contributed by atoms with Crippen LogP contribution in [0.3, 0.4) is 0 Å². The third kappa shape index (κ3) is 4.47. The van der Waals surface area contributed by atoms with Crippen molar-refractivity contribution >= 4 is 23.4 Å². The van der Waals surface area contributed by atoms with Crippen LogP contribution in [0.2, 0.25) is 0 Å². The van der Waals surface area contributed by atoms with E-state index in [-0.39, 0.29) is 5.91 Å². The van der Waals surface area contributed by atoms with Crippen molar-refractivity contribution in [3.63, 3.8) is 0 Å². The first-order chi connectivity index (χ1) is 12.5. The highest BCUT2D eigenvalue weighted by Gasteiger charge is 2.12. The van der Waals surface area contributed by atoms with E-state index in [2.05, 4.69) is 5.32 Å². The second-order valence-electron chi connectivity index (χ2n) is 5.69. The van der Waals surface area contributed by atoms with Gasteiger partial charge in [0.15, 0.2) is 11.5 Å². The molecule has 0 spiro atoms. The molecular formula is C20H24N2O4. The molecule has 0 aliphatic heterocycles. The molecule has 0 aliphatic carbocycles. The largest absolute Gasteiger partial charge is 0.493 e. The summed E-state index contributed by atoms with van der Waals surface area (Å²) in [6.07, 6.45) is 3.16. The summed E-state index contributed by atoms with van der Waals surface area (Å²) < 4.78 is 15.9. The molecule has 6 nitrogen and oxygen atoms in total. The van der Waals surface area contributed by atoms with Gasteiger partial charge in [-0.3, -0.25) is 4.79 Å². The van der Waals surface area contributed by atoms with Crippen molar-refractivity contribution in [1.82, 2.24) is 0 Å². The molecule has 2 aromatic carbocycles. The number of hydrogen-bond donors (Lipinski definition) is 1. The molecule has 6 heteroatoms. The zero-order valence-electron chi connectivity index (χ0n) is 15.7. The van der Waals surface area contributed by atoms with Gasteiger partial charge in [0, 0.05) is 20.2 Å². The van der Waals surface area contributed by atoms with Gasteiger partial charge in [0.2, 0.25) is 11.7 Å². The first-order valence-electron chi connectivity index (χ1n) is 8.05. The van der Waals surface area contributed by atoms with E-state index in [0.29, 0.717) is 17.2 Å². The van der Waals surface area contributed by atoms with Crippen LogP contribution in [0.15, 0.2) is 42.5 Å². The van der Waals surface area contributed by atoms with E-state index in [4.69, 9.17) is 14.2 Å². The van der Waals surface area contributed by atoms with Crippen LogP contribution in [-0.2, 0) is 4.79 Å². The SMILES string of the molecule is COc1cc(/C=C/C(=O)Nc2ccccc2N(C)C)cc(OC)c1OC. The smallest absolute Gasteiger partial charge is 0.248 e. The predicted octanol–water partition coefficient (Wildman–Crippen LogP) is 3.43. The normalized spacial score (nSPS) is 10.5. The average molecular weight is 356 g/mol. The van der Waals surface area contributed by atoms with Crippen LogP contribution in [0.1, 0.15) is 5.56 Å². The molecular weight excluding hydrogens is 332 g/mol. The lowest BCUT2D eigenvalue weighted by molar-refractivity contribution is -0.111. The Labute approximate surface area is 154 Å². The number of nitrogens with one attached hydrogen (secondary N) is 1. The minimum atomic E-state index is -0.229. The molecule has 1 amide bonds. The zero-order valence-corrected chi connectivity index (χ0v) is 15.7. The van der Waals surface area contributed by atoms with Gasteiger partial charge in [0.05, 0.1) is 32.7 Å². The molecule has 0 unspecified atom stereocenters. The molecule has 1 N–H and O–H groups in total. The quantitative estimate of drug-likeness (QED) is 0.770. The zero-order chi connectivity index (χ0) is 19.1. The summed E-state index contributed by atoms with van der Waals surface area (Å²) in [5.41, 5.74) is 2.44. The summed E-state index contributed by atoms with van der Waals surface area (Å²) >= 11 is 0. The van der Waals surface area contributed by atoms with E-state index < -0.39 is 0 Å². The molecule has 2 aromatic rings. The van der Waals surface area contributed by atoms with Crippen molar-refractivity contribution in [2.75, 3.05) is 45.6 Å². The number of methoxy groups -OCH3 is 3. The van der Waals surface area contributed by atoms with E-state index in [1.54, 1.807) is 39.5 Å². The number of rotatable bonds is 7. The van der Waals surface area contributed by atoms with Crippen molar-refractivity contribution in [3.05, 3.63) is 48.0 Å². The number of carbonyl (C=O) groups excluding carboxylic acids is 1. The van der Waals surface area contributed by atoms with Crippen molar-refractivity contribution in [1.29, 1.82) is 0 Å². The van der Waals surface area contributed by atoms with Gasteiger partial charge < -0.3 is 24.4 Å². The van der Waals surface area contributed by atoms with Crippen LogP contribution in [0, 0.1) is 0 Å². The molecule has 0 aromatic heterocycles. The summed E-state index contributed by atoms with van der Waals surface area (Å²) in [7, 11) is 8.50. The number of hydrogen-bond acceptors (Lipinski definition) is 5. The highest BCUT2D eigenvalue weighted by Crippen LogP contribution is 2.38. The Balaban J connectivity index is 2.21. The monoisotopic (exact) mass is 356 g/mol. The maximum Gasteiger partial charge on any atom is 0.248 e. The fraction of sp³-hybridized carbons (Fsp3) is 0.250. The summed E-state index contributed by atoms with van der Waals surface area (Å²) in [5, 5.41) is 2.89. The Morgan fingerprint density at radius 2 is 1.62 bits per heavy atom. The van der Waals surface area contributed by atoms with Gasteiger partial charge in [-0.05, 0) is 35.9 Å². The fourth-order valence-corrected chi connectivity index (χ4v) is 2.51. The lowest BCUT2D eigenvalue weighted by Gasteiger charge is -2.17. The Hall–Kier alpha value is -3.15. The Kier molecular flexibility index (Phi) is 6.49. The van der Waals surface area contributed by atoms with E-state index in [0.717, 1.165) is 16.9 Å². The van der Waals surface area contributed by atoms with Crippen molar-refractivity contribution < 1.29 is 19.0 Å². The molecule has 0 bridgehead atoms. The summed E-state index contributed by atoms with van der Waals surface area (Å²) in [5.74, 6) is 1.35. The van der Waals surface area contributed by atoms with Crippen LogP contribution in [0.4, 0.5) is 11.4 Å². The van der Waals surface area contributed by atoms with Crippen LogP contribution >= 0.6 is 0 Å². The fourth-order valence-electron chi connectivity index (χ4n) is 2.51. The number of benzene rings is 2. The molecule has 0 fully saturated rings. The number of ether oxygens (including phenoxy) is 3. The van der Waals surface area contributed by atoms with Gasteiger partial charge in [-0.1, -0.05) is 12.1 Å². The highest BCUT2D eigenvalue weighted by atomic mass is 16.5. The standard InChI is InChI=1S/C20H24N2O4/c1-22(2)16-9-7-6-8-15(16)21-19(23)11-10-14-12-17(24-3)20(26-5)18(13-14)25-4/h6-13H,1-5H3,(H,21,23)/b11-10+. The molecule has 2 rings (SSSR count). The molecule has 26 heavy (non-hydrogen) atoms. The van der Waals surface area contributed by atoms with E-state index in [9.17, 15) is 4.79 Å². The van der Waals surface area contributed by atoms with Gasteiger partial charge >= 0.3 is 0 Å². The van der Waals surface area contributed by atoms with Gasteiger partial charge in [-0.25, -0.2) is 0 Å². The van der Waals surface area contributed by atoms with Gasteiger partial charge in [0.1, 0.15) is 0 Å². The van der Waals surface area contributed by atoms with Crippen LogP contribution in [0.25, 0.3) is 6.08 Å². The minimum absolute atomic E-state index is 0.229. The van der Waals surface area contributed by atoms with E-state index >= 15 is 0 Å². The highest BCUT2D eigenvalue weighted by molar-refractivity contribution is 6.03. The maximum absolute atomic E-state index is 12.3. The number of para-hydroxylation sites is 2. The molecule has 0 radical (unpaired) electrons. The van der Waals surface area contributed by atoms with Crippen LogP contribution < -0.4 is 24.4 Å². The number of carbonyl (C=O) groups is 1. The number of amides is 1. The molecule has 0 saturated carbocycles. The molecule has 0 atom stereocenters. The van der Waals surface area contributed by atoms with E-state index in [1.165, 1.54) is 6.08 Å². The molecule has 0 aliphatic rings. The van der Waals surface area contributed by atoms with Crippen molar-refractivity contribution in [3.8, 4) is 17.2 Å². The number of nitrogens with zero attached hydrogens (tertiary/aromatic N) is 1. The van der Waals surface area contributed by atoms with Gasteiger partial charge in [-0.15, -0.1) is 0 Å². The summed E-state index contributed by atoms with van der Waals surface area (Å²) in [4.78, 5) is 14.2. The predicted molar refractivity (Wildman–Crippen MR) is 105 cm³/mol. The van der Waals surface area contributed by atoms with Gasteiger partial charge in [-0.2, -0.15) is 0 Å². The first kappa shape index (κ1) is 19.2. The molecule has 0 saturated heterocycles. The van der Waals surface area contributed by atoms with Crippen LogP contribution in [-0.4, -0.2) is 41.3 Å². The third-order valence-electron chi connectivity index (χ3n) is 3.76. The maximum atomic E-state index is 12.3. The van der Waals surface area contributed by atoms with Crippen molar-refractivity contribution in [2.45, 2.75) is 0 Å². The summed E-state index contributed by atoms with van der Waals surface area (Å²) in [6.45, 7) is 0. The van der Waals surface area contributed by atoms with Gasteiger partial charge in [0.25, 0.3) is 0 Å². The molecule has 138 valence electrons. The average Bonchev–Trinajstić information content (AvgIpc) is 2.65. The number of anilines is 2.